The van der Waals surface area contributed by atoms with Gasteiger partial charge >= 0.3 is 0 Å². The Kier molecular flexibility index (Phi) is 3.48. The molecule has 104 valence electrons. The highest BCUT2D eigenvalue weighted by atomic mass is 79.9. The molecule has 2 fully saturated rings. The van der Waals surface area contributed by atoms with Crippen LogP contribution in [0.5, 0.6) is 0 Å². The SMILES string of the molecule is CC(c1ccc(Br)cc1)N1CC2CNCC2C1(C)C. The average Bonchev–Trinajstić information content (AvgIpc) is 2.92. The summed E-state index contributed by atoms with van der Waals surface area (Å²) >= 11 is 3.52. The maximum absolute atomic E-state index is 3.55. The van der Waals surface area contributed by atoms with E-state index in [-0.39, 0.29) is 0 Å². The molecule has 0 spiro atoms. The number of likely N-dealkylation sites (tertiary alicyclic amines) is 1. The highest BCUT2D eigenvalue weighted by Crippen LogP contribution is 2.44. The Balaban J connectivity index is 1.84. The lowest BCUT2D eigenvalue weighted by Crippen LogP contribution is -2.45. The summed E-state index contributed by atoms with van der Waals surface area (Å²) in [5.74, 6) is 1.62. The highest BCUT2D eigenvalue weighted by molar-refractivity contribution is 9.10. The van der Waals surface area contributed by atoms with Gasteiger partial charge < -0.3 is 5.32 Å². The summed E-state index contributed by atoms with van der Waals surface area (Å²) in [6, 6.07) is 9.29. The molecule has 0 radical (unpaired) electrons. The smallest absolute Gasteiger partial charge is 0.0325 e. The maximum Gasteiger partial charge on any atom is 0.0325 e. The van der Waals surface area contributed by atoms with Gasteiger partial charge in [-0.3, -0.25) is 4.90 Å². The number of hydrogen-bond donors (Lipinski definition) is 1. The molecule has 3 atom stereocenters. The van der Waals surface area contributed by atoms with Crippen LogP contribution in [0.1, 0.15) is 32.4 Å². The van der Waals surface area contributed by atoms with E-state index >= 15 is 0 Å². The van der Waals surface area contributed by atoms with Gasteiger partial charge in [-0.05, 0) is 56.8 Å². The molecule has 1 N–H and O–H groups in total. The summed E-state index contributed by atoms with van der Waals surface area (Å²) in [6.07, 6.45) is 0. The van der Waals surface area contributed by atoms with E-state index in [2.05, 4.69) is 71.2 Å². The zero-order valence-corrected chi connectivity index (χ0v) is 13.6. The van der Waals surface area contributed by atoms with E-state index in [0.29, 0.717) is 11.6 Å². The van der Waals surface area contributed by atoms with E-state index < -0.39 is 0 Å². The number of fused-ring (bicyclic) bond motifs is 1. The van der Waals surface area contributed by atoms with E-state index in [1.165, 1.54) is 25.2 Å². The maximum atomic E-state index is 3.55. The van der Waals surface area contributed by atoms with Gasteiger partial charge in [-0.25, -0.2) is 0 Å². The van der Waals surface area contributed by atoms with Crippen LogP contribution in [0.2, 0.25) is 0 Å². The van der Waals surface area contributed by atoms with Crippen molar-refractivity contribution in [1.82, 2.24) is 10.2 Å². The van der Waals surface area contributed by atoms with Crippen LogP contribution in [0.15, 0.2) is 28.7 Å². The lowest BCUT2D eigenvalue weighted by atomic mass is 9.84. The zero-order valence-electron chi connectivity index (χ0n) is 12.0. The predicted molar refractivity (Wildman–Crippen MR) is 83.2 cm³/mol. The summed E-state index contributed by atoms with van der Waals surface area (Å²) in [6.45, 7) is 10.8. The van der Waals surface area contributed by atoms with Crippen LogP contribution in [0.25, 0.3) is 0 Å². The Morgan fingerprint density at radius 3 is 2.58 bits per heavy atom. The van der Waals surface area contributed by atoms with Crippen LogP contribution in [-0.2, 0) is 0 Å². The number of nitrogens with zero attached hydrogens (tertiary/aromatic N) is 1. The van der Waals surface area contributed by atoms with Gasteiger partial charge in [0.15, 0.2) is 0 Å². The van der Waals surface area contributed by atoms with E-state index in [4.69, 9.17) is 0 Å². The lowest BCUT2D eigenvalue weighted by molar-refractivity contribution is 0.0970. The summed E-state index contributed by atoms with van der Waals surface area (Å²) in [7, 11) is 0. The normalized spacial score (nSPS) is 31.4. The van der Waals surface area contributed by atoms with Gasteiger partial charge in [0, 0.05) is 29.1 Å². The second-order valence-electron chi connectivity index (χ2n) is 6.56. The molecular formula is C16H23BrN2. The van der Waals surface area contributed by atoms with Gasteiger partial charge in [0.25, 0.3) is 0 Å². The molecule has 0 aliphatic carbocycles. The fourth-order valence-electron chi connectivity index (χ4n) is 4.03. The molecule has 0 amide bonds. The van der Waals surface area contributed by atoms with E-state index in [1.807, 2.05) is 0 Å². The second kappa shape index (κ2) is 4.87. The Bertz CT molecular complexity index is 454. The van der Waals surface area contributed by atoms with E-state index in [9.17, 15) is 0 Å². The minimum atomic E-state index is 0.292. The third-order valence-electron chi connectivity index (χ3n) is 5.24. The van der Waals surface area contributed by atoms with Crippen molar-refractivity contribution < 1.29 is 0 Å². The van der Waals surface area contributed by atoms with Crippen LogP contribution < -0.4 is 5.32 Å². The molecule has 2 heterocycles. The second-order valence-corrected chi connectivity index (χ2v) is 7.47. The number of halogens is 1. The Hall–Kier alpha value is -0.380. The third kappa shape index (κ3) is 2.26. The Morgan fingerprint density at radius 1 is 1.26 bits per heavy atom. The summed E-state index contributed by atoms with van der Waals surface area (Å²) in [5, 5.41) is 3.55. The average molecular weight is 323 g/mol. The van der Waals surface area contributed by atoms with Crippen LogP contribution in [0.4, 0.5) is 0 Å². The van der Waals surface area contributed by atoms with Crippen LogP contribution >= 0.6 is 15.9 Å². The molecule has 0 saturated carbocycles. The Labute approximate surface area is 124 Å². The minimum absolute atomic E-state index is 0.292. The topological polar surface area (TPSA) is 15.3 Å². The number of nitrogens with one attached hydrogen (secondary N) is 1. The summed E-state index contributed by atoms with van der Waals surface area (Å²) in [5.41, 5.74) is 1.71. The van der Waals surface area contributed by atoms with Gasteiger partial charge in [0.1, 0.15) is 0 Å². The number of hydrogen-bond acceptors (Lipinski definition) is 2. The van der Waals surface area contributed by atoms with E-state index in [1.54, 1.807) is 0 Å². The van der Waals surface area contributed by atoms with Gasteiger partial charge in [0.05, 0.1) is 0 Å². The van der Waals surface area contributed by atoms with Crippen LogP contribution in [0.3, 0.4) is 0 Å². The van der Waals surface area contributed by atoms with Gasteiger partial charge in [-0.1, -0.05) is 28.1 Å². The largest absolute Gasteiger partial charge is 0.316 e. The molecule has 2 aliphatic rings. The van der Waals surface area contributed by atoms with E-state index in [0.717, 1.165) is 16.3 Å². The van der Waals surface area contributed by atoms with Crippen LogP contribution in [-0.4, -0.2) is 30.1 Å². The monoisotopic (exact) mass is 322 g/mol. The molecule has 3 unspecified atom stereocenters. The summed E-state index contributed by atoms with van der Waals surface area (Å²) < 4.78 is 1.16. The molecule has 1 aromatic rings. The highest BCUT2D eigenvalue weighted by Gasteiger charge is 2.50. The molecule has 0 bridgehead atoms. The predicted octanol–water partition coefficient (Wildman–Crippen LogP) is 3.44. The number of rotatable bonds is 2. The molecule has 2 nitrogen and oxygen atoms in total. The fourth-order valence-corrected chi connectivity index (χ4v) is 4.30. The molecule has 2 aliphatic heterocycles. The van der Waals surface area contributed by atoms with Crippen molar-refractivity contribution in [2.75, 3.05) is 19.6 Å². The fraction of sp³-hybridized carbons (Fsp3) is 0.625. The molecular weight excluding hydrogens is 300 g/mol. The molecule has 19 heavy (non-hydrogen) atoms. The lowest BCUT2D eigenvalue weighted by Gasteiger charge is -2.40. The van der Waals surface area contributed by atoms with Crippen LogP contribution in [0, 0.1) is 11.8 Å². The summed E-state index contributed by atoms with van der Waals surface area (Å²) in [4.78, 5) is 2.70. The molecule has 0 aromatic heterocycles. The number of benzene rings is 1. The molecule has 1 aromatic carbocycles. The minimum Gasteiger partial charge on any atom is -0.316 e. The quantitative estimate of drug-likeness (QED) is 0.897. The van der Waals surface area contributed by atoms with Gasteiger partial charge in [-0.2, -0.15) is 0 Å². The van der Waals surface area contributed by atoms with Crippen molar-refractivity contribution in [2.24, 2.45) is 11.8 Å². The first kappa shape index (κ1) is 13.6. The first-order valence-electron chi connectivity index (χ1n) is 7.23. The van der Waals surface area contributed by atoms with Gasteiger partial charge in [-0.15, -0.1) is 0 Å². The molecule has 3 rings (SSSR count). The first-order chi connectivity index (χ1) is 9.00. The third-order valence-corrected chi connectivity index (χ3v) is 5.77. The van der Waals surface area contributed by atoms with Crippen molar-refractivity contribution in [3.8, 4) is 0 Å². The van der Waals surface area contributed by atoms with Gasteiger partial charge in [0.2, 0.25) is 0 Å². The first-order valence-corrected chi connectivity index (χ1v) is 8.02. The van der Waals surface area contributed by atoms with Crippen molar-refractivity contribution in [1.29, 1.82) is 0 Å². The standard InChI is InChI=1S/C16H23BrN2/c1-11(12-4-6-14(17)7-5-12)19-10-13-8-18-9-15(13)16(19,2)3/h4-7,11,13,15,18H,8-10H2,1-3H3. The Morgan fingerprint density at radius 2 is 1.95 bits per heavy atom. The molecule has 3 heteroatoms. The van der Waals surface area contributed by atoms with Crippen molar-refractivity contribution in [3.63, 3.8) is 0 Å². The van der Waals surface area contributed by atoms with Crippen molar-refractivity contribution >= 4 is 15.9 Å². The zero-order chi connectivity index (χ0) is 13.6. The molecule has 2 saturated heterocycles. The van der Waals surface area contributed by atoms with Crippen molar-refractivity contribution in [3.05, 3.63) is 34.3 Å². The van der Waals surface area contributed by atoms with Crippen molar-refractivity contribution in [2.45, 2.75) is 32.4 Å².